The molecule has 1 fully saturated rings. The molecule has 0 aromatic rings. The molecule has 1 rings (SSSR count). The van der Waals surface area contributed by atoms with Crippen LogP contribution in [0.5, 0.6) is 0 Å². The van der Waals surface area contributed by atoms with Gasteiger partial charge in [0.25, 0.3) is 0 Å². The zero-order chi connectivity index (χ0) is 14.6. The van der Waals surface area contributed by atoms with Gasteiger partial charge < -0.3 is 10.6 Å². The van der Waals surface area contributed by atoms with E-state index in [9.17, 15) is 0 Å². The van der Waals surface area contributed by atoms with E-state index in [1.807, 2.05) is 0 Å². The quantitative estimate of drug-likeness (QED) is 0.555. The lowest BCUT2D eigenvalue weighted by atomic mass is 9.85. The Balaban J connectivity index is 1.84. The summed E-state index contributed by atoms with van der Waals surface area (Å²) >= 11 is 0. The van der Waals surface area contributed by atoms with Crippen molar-refractivity contribution < 1.29 is 0 Å². The minimum Gasteiger partial charge on any atom is -0.317 e. The average molecular weight is 283 g/mol. The maximum atomic E-state index is 3.63. The fourth-order valence-electron chi connectivity index (χ4n) is 3.21. The first-order chi connectivity index (χ1) is 9.70. The lowest BCUT2D eigenvalue weighted by molar-refractivity contribution is 0.266. The zero-order valence-corrected chi connectivity index (χ0v) is 14.2. The fraction of sp³-hybridized carbons (Fsp3) is 1.00. The molecular weight excluding hydrogens is 244 g/mol. The molecule has 2 atom stereocenters. The molecule has 1 heterocycles. The van der Waals surface area contributed by atoms with E-state index in [1.54, 1.807) is 0 Å². The van der Waals surface area contributed by atoms with E-state index < -0.39 is 0 Å². The summed E-state index contributed by atoms with van der Waals surface area (Å²) in [6, 6.07) is 0. The van der Waals surface area contributed by atoms with Crippen molar-refractivity contribution >= 4 is 0 Å². The van der Waals surface area contributed by atoms with Crippen LogP contribution in [0.15, 0.2) is 0 Å². The molecule has 1 saturated heterocycles. The molecule has 20 heavy (non-hydrogen) atoms. The lowest BCUT2D eigenvalue weighted by Crippen LogP contribution is -2.34. The fourth-order valence-corrected chi connectivity index (χ4v) is 3.21. The highest BCUT2D eigenvalue weighted by Gasteiger charge is 2.18. The molecule has 2 unspecified atom stereocenters. The van der Waals surface area contributed by atoms with Crippen molar-refractivity contribution in [3.05, 3.63) is 0 Å². The minimum atomic E-state index is 0.876. The van der Waals surface area contributed by atoms with Crippen LogP contribution in [0.4, 0.5) is 0 Å². The number of rotatable bonds is 11. The molecule has 2 heteroatoms. The number of hydrogen-bond acceptors (Lipinski definition) is 2. The minimum absolute atomic E-state index is 0.876. The Kier molecular flexibility index (Phi) is 10.4. The molecule has 0 radical (unpaired) electrons. The second-order valence-corrected chi connectivity index (χ2v) is 7.22. The van der Waals surface area contributed by atoms with Gasteiger partial charge in [-0.15, -0.1) is 0 Å². The maximum absolute atomic E-state index is 3.63. The van der Waals surface area contributed by atoms with E-state index in [-0.39, 0.29) is 0 Å². The number of hydrogen-bond donors (Lipinski definition) is 2. The smallest absolute Gasteiger partial charge is 0.00180 e. The number of piperidine rings is 1. The molecule has 0 spiro atoms. The first kappa shape index (κ1) is 18.0. The summed E-state index contributed by atoms with van der Waals surface area (Å²) in [4.78, 5) is 0. The second kappa shape index (κ2) is 11.6. The molecule has 0 aromatic heterocycles. The monoisotopic (exact) mass is 282 g/mol. The van der Waals surface area contributed by atoms with Crippen molar-refractivity contribution in [2.45, 2.75) is 72.1 Å². The van der Waals surface area contributed by atoms with Gasteiger partial charge in [-0.25, -0.2) is 0 Å². The Hall–Kier alpha value is -0.0800. The van der Waals surface area contributed by atoms with Crippen molar-refractivity contribution in [2.75, 3.05) is 26.2 Å². The number of nitrogens with one attached hydrogen (secondary N) is 2. The van der Waals surface area contributed by atoms with E-state index in [0.29, 0.717) is 0 Å². The Labute approximate surface area is 127 Å². The molecular formula is C18H38N2. The zero-order valence-electron chi connectivity index (χ0n) is 14.2. The van der Waals surface area contributed by atoms with Crippen molar-refractivity contribution in [3.8, 4) is 0 Å². The molecule has 2 nitrogen and oxygen atoms in total. The second-order valence-electron chi connectivity index (χ2n) is 7.22. The van der Waals surface area contributed by atoms with E-state index in [0.717, 1.165) is 17.8 Å². The Morgan fingerprint density at radius 3 is 2.50 bits per heavy atom. The lowest BCUT2D eigenvalue weighted by Gasteiger charge is -2.28. The van der Waals surface area contributed by atoms with Gasteiger partial charge in [0.15, 0.2) is 0 Å². The first-order valence-corrected chi connectivity index (χ1v) is 9.11. The van der Waals surface area contributed by atoms with Crippen LogP contribution < -0.4 is 10.6 Å². The third-order valence-electron chi connectivity index (χ3n) is 4.80. The van der Waals surface area contributed by atoms with E-state index >= 15 is 0 Å². The normalized spacial score (nSPS) is 21.3. The third-order valence-corrected chi connectivity index (χ3v) is 4.80. The van der Waals surface area contributed by atoms with Gasteiger partial charge in [0, 0.05) is 0 Å². The highest BCUT2D eigenvalue weighted by atomic mass is 14.9. The van der Waals surface area contributed by atoms with Gasteiger partial charge in [0.1, 0.15) is 0 Å². The van der Waals surface area contributed by atoms with Crippen LogP contribution in [0.3, 0.4) is 0 Å². The van der Waals surface area contributed by atoms with E-state index in [2.05, 4.69) is 31.4 Å². The topological polar surface area (TPSA) is 24.1 Å². The SMILES string of the molecule is CC(C)CCCCCCNCCC(C)C1CCCNC1. The van der Waals surface area contributed by atoms with Crippen LogP contribution >= 0.6 is 0 Å². The molecule has 0 aliphatic carbocycles. The van der Waals surface area contributed by atoms with Gasteiger partial charge in [-0.1, -0.05) is 46.5 Å². The third kappa shape index (κ3) is 8.97. The molecule has 1 aliphatic heterocycles. The van der Waals surface area contributed by atoms with Crippen LogP contribution in [-0.4, -0.2) is 26.2 Å². The van der Waals surface area contributed by atoms with Crippen molar-refractivity contribution in [3.63, 3.8) is 0 Å². The van der Waals surface area contributed by atoms with Crippen LogP contribution in [0.25, 0.3) is 0 Å². The predicted octanol–water partition coefficient (Wildman–Crippen LogP) is 4.21. The largest absolute Gasteiger partial charge is 0.317 e. The predicted molar refractivity (Wildman–Crippen MR) is 90.2 cm³/mol. The van der Waals surface area contributed by atoms with Crippen LogP contribution in [0, 0.1) is 17.8 Å². The van der Waals surface area contributed by atoms with Crippen LogP contribution in [0.1, 0.15) is 72.1 Å². The van der Waals surface area contributed by atoms with Gasteiger partial charge in [0.2, 0.25) is 0 Å². The Morgan fingerprint density at radius 2 is 1.80 bits per heavy atom. The van der Waals surface area contributed by atoms with Crippen molar-refractivity contribution in [1.29, 1.82) is 0 Å². The van der Waals surface area contributed by atoms with Gasteiger partial charge in [0.05, 0.1) is 0 Å². The molecule has 0 aromatic carbocycles. The van der Waals surface area contributed by atoms with Gasteiger partial charge >= 0.3 is 0 Å². The molecule has 120 valence electrons. The summed E-state index contributed by atoms with van der Waals surface area (Å²) in [5.74, 6) is 2.67. The highest BCUT2D eigenvalue weighted by Crippen LogP contribution is 2.21. The molecule has 0 bridgehead atoms. The van der Waals surface area contributed by atoms with Crippen LogP contribution in [0.2, 0.25) is 0 Å². The summed E-state index contributed by atoms with van der Waals surface area (Å²) in [5.41, 5.74) is 0. The summed E-state index contributed by atoms with van der Waals surface area (Å²) in [6.07, 6.45) is 11.2. The van der Waals surface area contributed by atoms with Crippen molar-refractivity contribution in [1.82, 2.24) is 10.6 Å². The van der Waals surface area contributed by atoms with Gasteiger partial charge in [-0.3, -0.25) is 0 Å². The first-order valence-electron chi connectivity index (χ1n) is 9.11. The average Bonchev–Trinajstić information content (AvgIpc) is 2.46. The Bertz CT molecular complexity index is 209. The van der Waals surface area contributed by atoms with Crippen molar-refractivity contribution in [2.24, 2.45) is 17.8 Å². The maximum Gasteiger partial charge on any atom is -0.00180 e. The summed E-state index contributed by atoms with van der Waals surface area (Å²) in [5, 5.41) is 7.17. The Morgan fingerprint density at radius 1 is 1.00 bits per heavy atom. The molecule has 0 saturated carbocycles. The summed E-state index contributed by atoms with van der Waals surface area (Å²) < 4.78 is 0. The standard InChI is InChI=1S/C18H38N2/c1-16(2)9-6-4-5-7-12-19-14-11-17(3)18-10-8-13-20-15-18/h16-20H,4-15H2,1-3H3. The molecule has 0 amide bonds. The van der Waals surface area contributed by atoms with E-state index in [4.69, 9.17) is 0 Å². The highest BCUT2D eigenvalue weighted by molar-refractivity contribution is 4.74. The van der Waals surface area contributed by atoms with E-state index in [1.165, 1.54) is 77.5 Å². The van der Waals surface area contributed by atoms with Crippen LogP contribution in [-0.2, 0) is 0 Å². The summed E-state index contributed by atoms with van der Waals surface area (Å²) in [7, 11) is 0. The summed E-state index contributed by atoms with van der Waals surface area (Å²) in [6.45, 7) is 12.0. The molecule has 2 N–H and O–H groups in total. The van der Waals surface area contributed by atoms with Gasteiger partial charge in [-0.05, 0) is 69.6 Å². The molecule has 1 aliphatic rings. The number of unbranched alkanes of at least 4 members (excludes halogenated alkanes) is 3. The van der Waals surface area contributed by atoms with Gasteiger partial charge in [-0.2, -0.15) is 0 Å².